The third-order valence-electron chi connectivity index (χ3n) is 7.00. The molecule has 12 heteroatoms. The highest BCUT2D eigenvalue weighted by Gasteiger charge is 2.35. The average molecular weight is 556 g/mol. The SMILES string of the molecule is CS(=O)(=O)NC(=O)c1cc(C2CC2)c(OC2CCCN(Cc3cc(C(F)(F)F)cc(C4CC4)n3)C2)cc1F. The third kappa shape index (κ3) is 6.63. The standard InChI is InChI=1S/C26H29F4N3O4S/c1-38(35,36)32-25(34)21-11-20(15-4-5-15)24(12-22(21)27)37-19-3-2-8-33(14-19)13-18-9-17(26(28,29)30)10-23(31-18)16-6-7-16/h9-12,15-16,19H,2-8,13-14H2,1H3,(H,32,34). The van der Waals surface area contributed by atoms with E-state index >= 15 is 0 Å². The molecule has 2 saturated carbocycles. The van der Waals surface area contributed by atoms with Crippen molar-refractivity contribution in [3.05, 3.63) is 58.2 Å². The Balaban J connectivity index is 1.31. The van der Waals surface area contributed by atoms with Crippen LogP contribution in [0.4, 0.5) is 17.6 Å². The number of nitrogens with one attached hydrogen (secondary N) is 1. The van der Waals surface area contributed by atoms with E-state index in [0.29, 0.717) is 42.2 Å². The van der Waals surface area contributed by atoms with Gasteiger partial charge in [0.15, 0.2) is 0 Å². The van der Waals surface area contributed by atoms with Crippen LogP contribution >= 0.6 is 0 Å². The third-order valence-corrected chi connectivity index (χ3v) is 7.56. The Kier molecular flexibility index (Phi) is 7.14. The normalized spacial score (nSPS) is 20.8. The minimum Gasteiger partial charge on any atom is -0.489 e. The van der Waals surface area contributed by atoms with Gasteiger partial charge in [-0.25, -0.2) is 17.5 Å². The molecule has 38 heavy (non-hydrogen) atoms. The zero-order valence-electron chi connectivity index (χ0n) is 20.9. The summed E-state index contributed by atoms with van der Waals surface area (Å²) in [6.45, 7) is 1.35. The number of rotatable bonds is 8. The molecule has 2 aromatic rings. The lowest BCUT2D eigenvalue weighted by Gasteiger charge is -2.33. The first-order valence-electron chi connectivity index (χ1n) is 12.7. The molecule has 2 aliphatic carbocycles. The van der Waals surface area contributed by atoms with Gasteiger partial charge in [0.1, 0.15) is 17.7 Å². The summed E-state index contributed by atoms with van der Waals surface area (Å²) in [6, 6.07) is 4.74. The molecular weight excluding hydrogens is 526 g/mol. The predicted octanol–water partition coefficient (Wildman–Crippen LogP) is 4.73. The van der Waals surface area contributed by atoms with Gasteiger partial charge in [-0.2, -0.15) is 13.2 Å². The van der Waals surface area contributed by atoms with E-state index in [1.165, 1.54) is 6.07 Å². The Labute approximate surface area is 218 Å². The van der Waals surface area contributed by atoms with Gasteiger partial charge in [0.05, 0.1) is 23.1 Å². The Bertz CT molecular complexity index is 1340. The lowest BCUT2D eigenvalue weighted by Crippen LogP contribution is -2.41. The molecule has 0 spiro atoms. The van der Waals surface area contributed by atoms with Crippen LogP contribution in [0.3, 0.4) is 0 Å². The first kappa shape index (κ1) is 26.9. The number of sulfonamides is 1. The second-order valence-electron chi connectivity index (χ2n) is 10.5. The monoisotopic (exact) mass is 555 g/mol. The maximum Gasteiger partial charge on any atom is 0.416 e. The van der Waals surface area contributed by atoms with Gasteiger partial charge in [0.25, 0.3) is 5.91 Å². The van der Waals surface area contributed by atoms with Gasteiger partial charge in [-0.3, -0.25) is 14.7 Å². The van der Waals surface area contributed by atoms with Gasteiger partial charge < -0.3 is 4.74 Å². The largest absolute Gasteiger partial charge is 0.489 e. The van der Waals surface area contributed by atoms with Crippen LogP contribution in [0, 0.1) is 5.82 Å². The van der Waals surface area contributed by atoms with E-state index < -0.39 is 33.5 Å². The molecule has 0 bridgehead atoms. The Morgan fingerprint density at radius 1 is 1.11 bits per heavy atom. The number of ether oxygens (including phenoxy) is 1. The molecule has 3 aliphatic rings. The lowest BCUT2D eigenvalue weighted by molar-refractivity contribution is -0.137. The van der Waals surface area contributed by atoms with Gasteiger partial charge in [-0.1, -0.05) is 0 Å². The smallest absolute Gasteiger partial charge is 0.416 e. The number of carbonyl (C=O) groups is 1. The molecule has 2 heterocycles. The van der Waals surface area contributed by atoms with Crippen molar-refractivity contribution in [1.29, 1.82) is 0 Å². The highest BCUT2D eigenvalue weighted by Crippen LogP contribution is 2.46. The zero-order chi connectivity index (χ0) is 27.2. The molecule has 1 unspecified atom stereocenters. The van der Waals surface area contributed by atoms with E-state index in [1.807, 2.05) is 4.90 Å². The number of hydrogen-bond acceptors (Lipinski definition) is 6. The van der Waals surface area contributed by atoms with Crippen molar-refractivity contribution >= 4 is 15.9 Å². The van der Waals surface area contributed by atoms with Crippen LogP contribution < -0.4 is 9.46 Å². The van der Waals surface area contributed by atoms with E-state index in [0.717, 1.165) is 56.6 Å². The van der Waals surface area contributed by atoms with Crippen molar-refractivity contribution in [3.63, 3.8) is 0 Å². The summed E-state index contributed by atoms with van der Waals surface area (Å²) in [6.07, 6.45) is 0.861. The highest BCUT2D eigenvalue weighted by molar-refractivity contribution is 7.89. The van der Waals surface area contributed by atoms with Gasteiger partial charge in [0.2, 0.25) is 10.0 Å². The maximum absolute atomic E-state index is 14.9. The molecule has 7 nitrogen and oxygen atoms in total. The number of pyridine rings is 1. The average Bonchev–Trinajstić information content (AvgIpc) is 3.71. The summed E-state index contributed by atoms with van der Waals surface area (Å²) in [5.74, 6) is -1.45. The summed E-state index contributed by atoms with van der Waals surface area (Å²) < 4.78 is 86.1. The van der Waals surface area contributed by atoms with Crippen molar-refractivity contribution in [2.24, 2.45) is 0 Å². The number of piperidine rings is 1. The summed E-state index contributed by atoms with van der Waals surface area (Å²) in [7, 11) is -3.86. The lowest BCUT2D eigenvalue weighted by atomic mass is 10.0. The quantitative estimate of drug-likeness (QED) is 0.474. The van der Waals surface area contributed by atoms with Crippen molar-refractivity contribution in [2.45, 2.75) is 69.2 Å². The molecule has 3 fully saturated rings. The number of nitrogens with zero attached hydrogens (tertiary/aromatic N) is 2. The van der Waals surface area contributed by atoms with Gasteiger partial charge in [0, 0.05) is 30.8 Å². The van der Waals surface area contributed by atoms with Crippen molar-refractivity contribution in [3.8, 4) is 5.75 Å². The molecule has 1 saturated heterocycles. The molecule has 1 aromatic heterocycles. The van der Waals surface area contributed by atoms with Crippen LogP contribution in [-0.2, 0) is 22.7 Å². The number of amides is 1. The number of aromatic nitrogens is 1. The molecule has 1 atom stereocenters. The maximum atomic E-state index is 14.9. The van der Waals surface area contributed by atoms with Crippen LogP contribution in [0.5, 0.6) is 5.75 Å². The second-order valence-corrected chi connectivity index (χ2v) is 12.3. The Hall–Kier alpha value is -2.73. The fourth-order valence-electron chi connectivity index (χ4n) is 4.89. The topological polar surface area (TPSA) is 88.6 Å². The molecule has 1 aromatic carbocycles. The van der Waals surface area contributed by atoms with E-state index in [-0.39, 0.29) is 30.0 Å². The number of likely N-dealkylation sites (tertiary alicyclic amines) is 1. The first-order valence-corrected chi connectivity index (χ1v) is 14.6. The number of carbonyl (C=O) groups excluding carboxylic acids is 1. The highest BCUT2D eigenvalue weighted by atomic mass is 32.2. The summed E-state index contributed by atoms with van der Waals surface area (Å²) in [5, 5.41) is 0. The van der Waals surface area contributed by atoms with Gasteiger partial charge in [-0.05, 0) is 74.8 Å². The van der Waals surface area contributed by atoms with Gasteiger partial charge in [-0.15, -0.1) is 0 Å². The minimum absolute atomic E-state index is 0.0882. The fourth-order valence-corrected chi connectivity index (χ4v) is 5.34. The zero-order valence-corrected chi connectivity index (χ0v) is 21.7. The number of halogens is 4. The summed E-state index contributed by atoms with van der Waals surface area (Å²) in [5.41, 5.74) is 0.462. The number of hydrogen-bond donors (Lipinski definition) is 1. The predicted molar refractivity (Wildman–Crippen MR) is 131 cm³/mol. The van der Waals surface area contributed by atoms with Crippen LogP contribution in [0.2, 0.25) is 0 Å². The molecular formula is C26H29F4N3O4S. The van der Waals surface area contributed by atoms with Crippen LogP contribution in [0.1, 0.15) is 83.2 Å². The number of benzene rings is 1. The molecule has 1 aliphatic heterocycles. The molecule has 5 rings (SSSR count). The minimum atomic E-state index is -4.44. The molecule has 206 valence electrons. The summed E-state index contributed by atoms with van der Waals surface area (Å²) in [4.78, 5) is 18.8. The van der Waals surface area contributed by atoms with E-state index in [2.05, 4.69) is 4.98 Å². The summed E-state index contributed by atoms with van der Waals surface area (Å²) >= 11 is 0. The van der Waals surface area contributed by atoms with E-state index in [4.69, 9.17) is 4.74 Å². The van der Waals surface area contributed by atoms with Gasteiger partial charge >= 0.3 is 6.18 Å². The van der Waals surface area contributed by atoms with Crippen molar-refractivity contribution in [1.82, 2.24) is 14.6 Å². The van der Waals surface area contributed by atoms with E-state index in [1.54, 1.807) is 4.72 Å². The fraction of sp³-hybridized carbons (Fsp3) is 0.538. The van der Waals surface area contributed by atoms with Crippen molar-refractivity contribution in [2.75, 3.05) is 19.3 Å². The Morgan fingerprint density at radius 3 is 2.45 bits per heavy atom. The number of alkyl halides is 3. The van der Waals surface area contributed by atoms with Crippen LogP contribution in [0.25, 0.3) is 0 Å². The molecule has 1 amide bonds. The van der Waals surface area contributed by atoms with Crippen molar-refractivity contribution < 1.29 is 35.5 Å². The molecule has 0 radical (unpaired) electrons. The van der Waals surface area contributed by atoms with Crippen LogP contribution in [-0.4, -0.2) is 49.7 Å². The second kappa shape index (κ2) is 10.1. The van der Waals surface area contributed by atoms with Crippen LogP contribution in [0.15, 0.2) is 24.3 Å². The van der Waals surface area contributed by atoms with E-state index in [9.17, 15) is 30.8 Å². The first-order chi connectivity index (χ1) is 17.9. The Morgan fingerprint density at radius 2 is 1.82 bits per heavy atom. The molecule has 1 N–H and O–H groups in total.